The Kier molecular flexibility index (Phi) is 3.13. The minimum atomic E-state index is -0.624. The Morgan fingerprint density at radius 2 is 2.14 bits per heavy atom. The normalized spacial score (nSPS) is 28.2. The second-order valence-electron chi connectivity index (χ2n) is 6.01. The van der Waals surface area contributed by atoms with E-state index >= 15 is 0 Å². The molecular weight excluding hydrogens is 286 g/mol. The van der Waals surface area contributed by atoms with Gasteiger partial charge >= 0.3 is 5.76 Å². The topological polar surface area (TPSA) is 90.3 Å². The van der Waals surface area contributed by atoms with E-state index < -0.39 is 11.8 Å². The highest BCUT2D eigenvalue weighted by atomic mass is 16.4. The summed E-state index contributed by atoms with van der Waals surface area (Å²) in [7, 11) is 0. The molecule has 1 saturated carbocycles. The van der Waals surface area contributed by atoms with Gasteiger partial charge in [-0.25, -0.2) is 4.79 Å². The van der Waals surface area contributed by atoms with E-state index in [-0.39, 0.29) is 17.8 Å². The highest BCUT2D eigenvalue weighted by Crippen LogP contribution is 2.34. The van der Waals surface area contributed by atoms with Gasteiger partial charge < -0.3 is 14.2 Å². The smallest absolute Gasteiger partial charge is 0.438 e. The summed E-state index contributed by atoms with van der Waals surface area (Å²) >= 11 is 0. The van der Waals surface area contributed by atoms with E-state index in [2.05, 4.69) is 10.4 Å². The monoisotopic (exact) mass is 303 g/mol. The molecule has 4 rings (SSSR count). The molecule has 0 spiro atoms. The van der Waals surface area contributed by atoms with E-state index in [1.807, 2.05) is 0 Å². The summed E-state index contributed by atoms with van der Waals surface area (Å²) in [5, 5.41) is 7.18. The summed E-state index contributed by atoms with van der Waals surface area (Å²) < 4.78 is 11.4. The second-order valence-corrected chi connectivity index (χ2v) is 6.01. The van der Waals surface area contributed by atoms with Crippen molar-refractivity contribution >= 4 is 5.91 Å². The van der Waals surface area contributed by atoms with Gasteiger partial charge in [0.15, 0.2) is 5.76 Å². The highest BCUT2D eigenvalue weighted by molar-refractivity contribution is 5.81. The molecule has 7 nitrogen and oxygen atoms in total. The minimum Gasteiger partial charge on any atom is -0.459 e. The van der Waals surface area contributed by atoms with E-state index in [1.54, 1.807) is 12.1 Å². The quantitative estimate of drug-likeness (QED) is 0.912. The fourth-order valence-electron chi connectivity index (χ4n) is 3.55. The summed E-state index contributed by atoms with van der Waals surface area (Å²) in [5.41, 5.74) is 0. The predicted octanol–water partition coefficient (Wildman–Crippen LogP) is 1.72. The van der Waals surface area contributed by atoms with Crippen molar-refractivity contribution in [2.24, 2.45) is 5.92 Å². The maximum absolute atomic E-state index is 12.3. The third kappa shape index (κ3) is 2.17. The molecule has 3 atom stereocenters. The zero-order chi connectivity index (χ0) is 15.1. The molecule has 2 fully saturated rings. The van der Waals surface area contributed by atoms with Crippen molar-refractivity contribution in [2.75, 3.05) is 0 Å². The Hall–Kier alpha value is -2.31. The third-order valence-corrected chi connectivity index (χ3v) is 4.66. The lowest BCUT2D eigenvalue weighted by molar-refractivity contribution is -0.129. The van der Waals surface area contributed by atoms with Gasteiger partial charge in [-0.1, -0.05) is 12.8 Å². The zero-order valence-electron chi connectivity index (χ0n) is 12.0. The lowest BCUT2D eigenvalue weighted by atomic mass is 9.78. The molecule has 2 aromatic heterocycles. The van der Waals surface area contributed by atoms with Crippen LogP contribution in [0.4, 0.5) is 0 Å². The van der Waals surface area contributed by atoms with Crippen molar-refractivity contribution in [3.8, 4) is 11.7 Å². The van der Waals surface area contributed by atoms with Crippen LogP contribution >= 0.6 is 0 Å². The summed E-state index contributed by atoms with van der Waals surface area (Å²) in [6.07, 6.45) is 6.55. The van der Waals surface area contributed by atoms with Gasteiger partial charge in [-0.2, -0.15) is 4.68 Å². The average molecular weight is 303 g/mol. The molecule has 1 saturated heterocycles. The fraction of sp³-hybridized carbons (Fsp3) is 0.533. The van der Waals surface area contributed by atoms with Crippen LogP contribution in [0.2, 0.25) is 0 Å². The van der Waals surface area contributed by atoms with Crippen LogP contribution in [0.15, 0.2) is 32.0 Å². The average Bonchev–Trinajstić information content (AvgIpc) is 3.16. The number of hydrogen-bond donors (Lipinski definition) is 1. The molecule has 2 aliphatic rings. The Morgan fingerprint density at radius 3 is 2.95 bits per heavy atom. The van der Waals surface area contributed by atoms with Gasteiger partial charge in [0.25, 0.3) is 5.89 Å². The van der Waals surface area contributed by atoms with Crippen LogP contribution in [0.3, 0.4) is 0 Å². The maximum Gasteiger partial charge on any atom is 0.438 e. The zero-order valence-corrected chi connectivity index (χ0v) is 12.0. The molecule has 1 N–H and O–H groups in total. The van der Waals surface area contributed by atoms with Gasteiger partial charge in [-0.3, -0.25) is 4.79 Å². The van der Waals surface area contributed by atoms with Crippen LogP contribution < -0.4 is 11.1 Å². The summed E-state index contributed by atoms with van der Waals surface area (Å²) in [4.78, 5) is 24.4. The van der Waals surface area contributed by atoms with E-state index in [1.165, 1.54) is 12.7 Å². The highest BCUT2D eigenvalue weighted by Gasteiger charge is 2.39. The minimum absolute atomic E-state index is 0.105. The SMILES string of the molecule is O=C1NC2CCCCC2CC1n1nc(-c2ccco2)oc1=O. The fourth-order valence-corrected chi connectivity index (χ4v) is 3.55. The number of nitrogens with one attached hydrogen (secondary N) is 1. The molecular formula is C15H17N3O4. The van der Waals surface area contributed by atoms with E-state index in [4.69, 9.17) is 8.83 Å². The summed E-state index contributed by atoms with van der Waals surface area (Å²) in [6, 6.07) is 2.99. The first-order valence-corrected chi connectivity index (χ1v) is 7.66. The van der Waals surface area contributed by atoms with Crippen LogP contribution in [0.25, 0.3) is 11.7 Å². The van der Waals surface area contributed by atoms with Gasteiger partial charge in [0.05, 0.1) is 6.26 Å². The van der Waals surface area contributed by atoms with Crippen molar-refractivity contribution in [3.63, 3.8) is 0 Å². The van der Waals surface area contributed by atoms with Crippen molar-refractivity contribution in [1.29, 1.82) is 0 Å². The number of amides is 1. The molecule has 0 aromatic carbocycles. The molecule has 3 unspecified atom stereocenters. The van der Waals surface area contributed by atoms with E-state index in [0.29, 0.717) is 18.1 Å². The van der Waals surface area contributed by atoms with Crippen molar-refractivity contribution < 1.29 is 13.6 Å². The first-order valence-electron chi connectivity index (χ1n) is 7.66. The Balaban J connectivity index is 1.64. The first kappa shape index (κ1) is 13.4. The number of fused-ring (bicyclic) bond motifs is 1. The molecule has 22 heavy (non-hydrogen) atoms. The molecule has 1 aliphatic carbocycles. The van der Waals surface area contributed by atoms with E-state index in [0.717, 1.165) is 23.9 Å². The number of rotatable bonds is 2. The molecule has 2 aromatic rings. The van der Waals surface area contributed by atoms with Crippen LogP contribution in [-0.4, -0.2) is 21.7 Å². The maximum atomic E-state index is 12.3. The van der Waals surface area contributed by atoms with Crippen molar-refractivity contribution in [1.82, 2.24) is 15.1 Å². The predicted molar refractivity (Wildman–Crippen MR) is 76.0 cm³/mol. The molecule has 1 amide bonds. The van der Waals surface area contributed by atoms with Gasteiger partial charge in [0.2, 0.25) is 5.91 Å². The Morgan fingerprint density at radius 1 is 1.27 bits per heavy atom. The Bertz CT molecular complexity index is 730. The second kappa shape index (κ2) is 5.15. The van der Waals surface area contributed by atoms with Crippen LogP contribution in [0, 0.1) is 5.92 Å². The van der Waals surface area contributed by atoms with Crippen LogP contribution in [0.1, 0.15) is 38.1 Å². The molecule has 0 bridgehead atoms. The number of aromatic nitrogens is 2. The Labute approximate surface area is 126 Å². The van der Waals surface area contributed by atoms with Crippen LogP contribution in [-0.2, 0) is 4.79 Å². The number of piperidine rings is 1. The van der Waals surface area contributed by atoms with Crippen molar-refractivity contribution in [3.05, 3.63) is 28.9 Å². The molecule has 3 heterocycles. The van der Waals surface area contributed by atoms with Gasteiger partial charge in [0, 0.05) is 6.04 Å². The molecule has 116 valence electrons. The van der Waals surface area contributed by atoms with Gasteiger partial charge in [-0.15, -0.1) is 5.10 Å². The summed E-state index contributed by atoms with van der Waals surface area (Å²) in [5.74, 6) is 0.119. The number of carbonyl (C=O) groups is 1. The lowest BCUT2D eigenvalue weighted by Gasteiger charge is -2.38. The summed E-state index contributed by atoms with van der Waals surface area (Å²) in [6.45, 7) is 0. The van der Waals surface area contributed by atoms with E-state index in [9.17, 15) is 9.59 Å². The van der Waals surface area contributed by atoms with Crippen molar-refractivity contribution in [2.45, 2.75) is 44.2 Å². The van der Waals surface area contributed by atoms with Gasteiger partial charge in [0.1, 0.15) is 6.04 Å². The van der Waals surface area contributed by atoms with Crippen LogP contribution in [0.5, 0.6) is 0 Å². The number of furan rings is 1. The third-order valence-electron chi connectivity index (χ3n) is 4.66. The molecule has 1 aliphatic heterocycles. The number of carbonyl (C=O) groups excluding carboxylic acids is 1. The largest absolute Gasteiger partial charge is 0.459 e. The molecule has 7 heteroatoms. The van der Waals surface area contributed by atoms with Gasteiger partial charge in [-0.05, 0) is 37.3 Å². The number of hydrogen-bond acceptors (Lipinski definition) is 5. The lowest BCUT2D eigenvalue weighted by Crippen LogP contribution is -2.52. The number of nitrogens with zero attached hydrogens (tertiary/aromatic N) is 2. The first-order chi connectivity index (χ1) is 10.7. The molecule has 0 radical (unpaired) electrons. The standard InChI is InChI=1S/C15H17N3O4/c19-13-11(8-9-4-1-2-5-10(9)16-13)18-15(20)22-14(17-18)12-6-3-7-21-12/h3,6-7,9-11H,1-2,4-5,8H2,(H,16,19).